The number of unbranched alkanes of at least 4 members (excludes halogenated alkanes) is 1. The van der Waals surface area contributed by atoms with Crippen molar-refractivity contribution in [3.05, 3.63) is 70.8 Å². The van der Waals surface area contributed by atoms with Crippen LogP contribution in [0.4, 0.5) is 55.9 Å². The van der Waals surface area contributed by atoms with Gasteiger partial charge >= 0.3 is 30.6 Å². The molecule has 286 valence electrons. The average molecular weight is 763 g/mol. The number of fused-ring (bicyclic) bond motifs is 1. The topological polar surface area (TPSA) is 142 Å². The Labute approximate surface area is 296 Å². The number of rotatable bonds is 13. The smallest absolute Gasteiger partial charge is 0.433 e. The molecule has 4 rings (SSSR count). The molecule has 1 amide bonds. The number of amides is 1. The molecule has 0 radical (unpaired) electrons. The van der Waals surface area contributed by atoms with Crippen LogP contribution in [0.15, 0.2) is 42.7 Å². The number of alkyl halides is 9. The van der Waals surface area contributed by atoms with Gasteiger partial charge in [0, 0.05) is 25.4 Å². The zero-order chi connectivity index (χ0) is 39.1. The molecule has 53 heavy (non-hydrogen) atoms. The molecule has 0 fully saturated rings. The van der Waals surface area contributed by atoms with E-state index >= 15 is 0 Å². The fourth-order valence-electron chi connectivity index (χ4n) is 5.57. The third-order valence-electron chi connectivity index (χ3n) is 8.01. The van der Waals surface area contributed by atoms with Gasteiger partial charge in [-0.1, -0.05) is 6.92 Å². The van der Waals surface area contributed by atoms with Crippen LogP contribution in [0.3, 0.4) is 0 Å². The number of carbonyl (C=O) groups is 2. The van der Waals surface area contributed by atoms with Crippen LogP contribution in [0, 0.1) is 11.3 Å². The number of aromatic nitrogens is 3. The lowest BCUT2D eigenvalue weighted by molar-refractivity contribution is -0.143. The predicted octanol–water partition coefficient (Wildman–Crippen LogP) is 8.35. The van der Waals surface area contributed by atoms with Crippen molar-refractivity contribution in [2.45, 2.75) is 82.6 Å². The SMILES string of the molecule is CC[C@@H]1C[C@@H](N(Cc2cc(C(F)(F)F)cc(C(F)(F)F)c2)c2ncc(OCCCC#N)cn2)c2nc(C(F)(F)F)ccc2N1C(=O)OCCCC(=O)O. The molecule has 2 atom stereocenters. The Hall–Kier alpha value is -5.35. The van der Waals surface area contributed by atoms with Crippen molar-refractivity contribution >= 4 is 23.7 Å². The molecule has 1 aliphatic heterocycles. The lowest BCUT2D eigenvalue weighted by atomic mass is 9.91. The number of nitriles is 1. The monoisotopic (exact) mass is 762 g/mol. The van der Waals surface area contributed by atoms with Gasteiger partial charge < -0.3 is 19.5 Å². The number of benzene rings is 1. The lowest BCUT2D eigenvalue weighted by Crippen LogP contribution is -2.48. The van der Waals surface area contributed by atoms with E-state index in [0.29, 0.717) is 24.6 Å². The molecule has 1 N–H and O–H groups in total. The molecule has 3 aromatic rings. The first kappa shape index (κ1) is 40.4. The summed E-state index contributed by atoms with van der Waals surface area (Å²) in [7, 11) is 0. The van der Waals surface area contributed by atoms with E-state index in [1.165, 1.54) is 0 Å². The summed E-state index contributed by atoms with van der Waals surface area (Å²) in [6.45, 7) is 0.544. The van der Waals surface area contributed by atoms with E-state index in [1.807, 2.05) is 6.07 Å². The van der Waals surface area contributed by atoms with Crippen molar-refractivity contribution < 1.29 is 63.7 Å². The second-order valence-corrected chi connectivity index (χ2v) is 11.8. The largest absolute Gasteiger partial charge is 0.490 e. The number of aliphatic carboxylic acids is 1. The fraction of sp³-hybridized carbons (Fsp3) is 0.455. The minimum Gasteiger partial charge on any atom is -0.490 e. The minimum absolute atomic E-state index is 0.0665. The number of anilines is 2. The number of hydrogen-bond donors (Lipinski definition) is 1. The Morgan fingerprint density at radius 3 is 2.15 bits per heavy atom. The second-order valence-electron chi connectivity index (χ2n) is 11.8. The number of carboxylic acid groups (broad SMARTS) is 1. The Balaban J connectivity index is 1.88. The molecule has 2 aromatic heterocycles. The van der Waals surface area contributed by atoms with Crippen LogP contribution in [0.1, 0.15) is 79.6 Å². The van der Waals surface area contributed by atoms with Gasteiger partial charge in [-0.15, -0.1) is 0 Å². The molecular formula is C33H31F9N6O5. The van der Waals surface area contributed by atoms with E-state index in [-0.39, 0.29) is 68.8 Å². The lowest BCUT2D eigenvalue weighted by Gasteiger charge is -2.43. The molecule has 0 unspecified atom stereocenters. The Bertz CT molecular complexity index is 1760. The van der Waals surface area contributed by atoms with Crippen LogP contribution in [0.25, 0.3) is 0 Å². The maximum atomic E-state index is 14.0. The van der Waals surface area contributed by atoms with Gasteiger partial charge in [0.2, 0.25) is 5.95 Å². The first-order valence-corrected chi connectivity index (χ1v) is 16.0. The summed E-state index contributed by atoms with van der Waals surface area (Å²) < 4.78 is 136. The standard InChI is InChI=1S/C33H31F9N6O5/c1-2-22-15-25(28-24(7-8-26(46-28)33(40,41)42)48(22)30(51)53-11-5-6-27(49)50)47(29-44-16-23(17-45-29)52-10-4-3-9-43)18-19-12-20(31(34,35)36)14-21(13-19)32(37,38)39/h7-8,12-14,16-17,22,25H,2-6,10-11,15,18H2,1H3,(H,49,50)/t22-,25-/m1/s1. The summed E-state index contributed by atoms with van der Waals surface area (Å²) in [4.78, 5) is 38.5. The van der Waals surface area contributed by atoms with Gasteiger partial charge in [0.25, 0.3) is 0 Å². The van der Waals surface area contributed by atoms with E-state index < -0.39 is 77.3 Å². The average Bonchev–Trinajstić information content (AvgIpc) is 3.09. The van der Waals surface area contributed by atoms with Crippen LogP contribution >= 0.6 is 0 Å². The van der Waals surface area contributed by atoms with Crippen molar-refractivity contribution in [3.8, 4) is 11.8 Å². The normalized spacial score (nSPS) is 16.1. The van der Waals surface area contributed by atoms with Gasteiger partial charge in [-0.3, -0.25) is 9.69 Å². The molecule has 11 nitrogen and oxygen atoms in total. The first-order valence-electron chi connectivity index (χ1n) is 16.0. The van der Waals surface area contributed by atoms with Crippen LogP contribution in [-0.4, -0.2) is 51.4 Å². The quantitative estimate of drug-likeness (QED) is 0.133. The Morgan fingerprint density at radius 2 is 1.60 bits per heavy atom. The van der Waals surface area contributed by atoms with Gasteiger partial charge in [0.15, 0.2) is 5.75 Å². The van der Waals surface area contributed by atoms with Crippen LogP contribution in [0.2, 0.25) is 0 Å². The molecular weight excluding hydrogens is 731 g/mol. The number of carboxylic acids is 1. The maximum absolute atomic E-state index is 14.0. The number of hydrogen-bond acceptors (Lipinski definition) is 9. The Morgan fingerprint density at radius 1 is 0.962 bits per heavy atom. The second kappa shape index (κ2) is 16.5. The molecule has 3 heterocycles. The molecule has 0 saturated carbocycles. The summed E-state index contributed by atoms with van der Waals surface area (Å²) in [5.74, 6) is -1.42. The van der Waals surface area contributed by atoms with E-state index in [0.717, 1.165) is 28.3 Å². The highest BCUT2D eigenvalue weighted by Gasteiger charge is 2.44. The number of halogens is 9. The molecule has 1 aliphatic rings. The Kier molecular flexibility index (Phi) is 12.6. The van der Waals surface area contributed by atoms with Gasteiger partial charge in [-0.2, -0.15) is 44.8 Å². The molecule has 0 spiro atoms. The molecule has 0 bridgehead atoms. The van der Waals surface area contributed by atoms with Crippen molar-refractivity contribution in [1.29, 1.82) is 5.26 Å². The van der Waals surface area contributed by atoms with Gasteiger partial charge in [-0.05, 0) is 61.6 Å². The first-order chi connectivity index (χ1) is 24.8. The van der Waals surface area contributed by atoms with Gasteiger partial charge in [0.1, 0.15) is 5.69 Å². The minimum atomic E-state index is -5.21. The number of nitrogens with zero attached hydrogens (tertiary/aromatic N) is 6. The van der Waals surface area contributed by atoms with E-state index in [9.17, 15) is 49.1 Å². The maximum Gasteiger partial charge on any atom is 0.433 e. The summed E-state index contributed by atoms with van der Waals surface area (Å²) in [5, 5.41) is 17.6. The summed E-state index contributed by atoms with van der Waals surface area (Å²) in [5.41, 5.74) is -5.86. The van der Waals surface area contributed by atoms with Crippen molar-refractivity contribution in [2.24, 2.45) is 0 Å². The van der Waals surface area contributed by atoms with Crippen molar-refractivity contribution in [3.63, 3.8) is 0 Å². The molecule has 0 aliphatic carbocycles. The highest BCUT2D eigenvalue weighted by Crippen LogP contribution is 2.45. The van der Waals surface area contributed by atoms with E-state index in [4.69, 9.17) is 19.8 Å². The highest BCUT2D eigenvalue weighted by atomic mass is 19.4. The molecule has 0 saturated heterocycles. The zero-order valence-electron chi connectivity index (χ0n) is 27.7. The van der Waals surface area contributed by atoms with Crippen LogP contribution in [0.5, 0.6) is 5.75 Å². The van der Waals surface area contributed by atoms with E-state index in [2.05, 4.69) is 15.0 Å². The van der Waals surface area contributed by atoms with Crippen molar-refractivity contribution in [1.82, 2.24) is 15.0 Å². The zero-order valence-corrected chi connectivity index (χ0v) is 27.7. The van der Waals surface area contributed by atoms with Crippen LogP contribution in [-0.2, 0) is 34.6 Å². The third kappa shape index (κ3) is 10.4. The highest BCUT2D eigenvalue weighted by molar-refractivity contribution is 5.90. The molecule has 20 heteroatoms. The fourth-order valence-corrected chi connectivity index (χ4v) is 5.57. The summed E-state index contributed by atoms with van der Waals surface area (Å²) in [6, 6.07) is 2.09. The summed E-state index contributed by atoms with van der Waals surface area (Å²) >= 11 is 0. The van der Waals surface area contributed by atoms with Gasteiger partial charge in [-0.25, -0.2) is 19.7 Å². The molecule has 1 aromatic carbocycles. The number of ether oxygens (including phenoxy) is 2. The van der Waals surface area contributed by atoms with Crippen LogP contribution < -0.4 is 14.5 Å². The number of carbonyl (C=O) groups excluding carboxylic acids is 1. The third-order valence-corrected chi connectivity index (χ3v) is 8.01. The predicted molar refractivity (Wildman–Crippen MR) is 166 cm³/mol. The van der Waals surface area contributed by atoms with E-state index in [1.54, 1.807) is 6.92 Å². The van der Waals surface area contributed by atoms with Gasteiger partial charge in [0.05, 0.1) is 60.2 Å². The van der Waals surface area contributed by atoms with Crippen molar-refractivity contribution in [2.75, 3.05) is 23.0 Å². The summed E-state index contributed by atoms with van der Waals surface area (Å²) in [6.07, 6.45) is -14.3. The number of pyridine rings is 1.